The summed E-state index contributed by atoms with van der Waals surface area (Å²) in [7, 11) is 0. The Morgan fingerprint density at radius 1 is 1.43 bits per heavy atom. The zero-order valence-electron chi connectivity index (χ0n) is 13.3. The van der Waals surface area contributed by atoms with E-state index in [4.69, 9.17) is 23.2 Å². The van der Waals surface area contributed by atoms with Crippen LogP contribution in [0.1, 0.15) is 25.8 Å². The average molecular weight is 398 g/mol. The standard InChI is InChI=1S/C16H22Cl2N2OS.ClH/c1-16(2,9-11-3-4-12(17)7-14(11)18)20-15(21)8-13-10-22-6-5-19-13;/h3-4,7,13,19H,5-6,8-10H2,1-2H3,(H,20,21);1H. The lowest BCUT2D eigenvalue weighted by Gasteiger charge is -2.29. The van der Waals surface area contributed by atoms with Gasteiger partial charge in [-0.25, -0.2) is 0 Å². The number of halogens is 3. The molecule has 0 aliphatic carbocycles. The van der Waals surface area contributed by atoms with Crippen LogP contribution in [0.4, 0.5) is 0 Å². The summed E-state index contributed by atoms with van der Waals surface area (Å²) in [4.78, 5) is 12.2. The van der Waals surface area contributed by atoms with Gasteiger partial charge in [-0.3, -0.25) is 4.79 Å². The highest BCUT2D eigenvalue weighted by Gasteiger charge is 2.24. The minimum absolute atomic E-state index is 0. The van der Waals surface area contributed by atoms with Gasteiger partial charge in [0.05, 0.1) is 0 Å². The van der Waals surface area contributed by atoms with E-state index in [1.54, 1.807) is 6.07 Å². The second-order valence-corrected chi connectivity index (χ2v) is 8.27. The van der Waals surface area contributed by atoms with Crippen LogP contribution >= 0.6 is 47.4 Å². The maximum atomic E-state index is 12.2. The number of benzene rings is 1. The van der Waals surface area contributed by atoms with Crippen LogP contribution in [-0.2, 0) is 11.2 Å². The first-order valence-corrected chi connectivity index (χ1v) is 9.33. The van der Waals surface area contributed by atoms with Gasteiger partial charge in [0, 0.05) is 46.1 Å². The maximum absolute atomic E-state index is 12.2. The molecule has 1 aliphatic rings. The molecule has 1 aromatic carbocycles. The Labute approximate surface area is 158 Å². The molecule has 1 saturated heterocycles. The summed E-state index contributed by atoms with van der Waals surface area (Å²) >= 11 is 14.0. The zero-order chi connectivity index (χ0) is 16.2. The van der Waals surface area contributed by atoms with E-state index in [0.29, 0.717) is 22.9 Å². The molecule has 0 aromatic heterocycles. The third-order valence-electron chi connectivity index (χ3n) is 3.56. The van der Waals surface area contributed by atoms with Gasteiger partial charge in [0.15, 0.2) is 0 Å². The molecule has 1 fully saturated rings. The highest BCUT2D eigenvalue weighted by Crippen LogP contribution is 2.24. The van der Waals surface area contributed by atoms with Gasteiger partial charge in [0.1, 0.15) is 0 Å². The Hall–Kier alpha value is -0.130. The Bertz CT molecular complexity index is 534. The molecular formula is C16H23Cl3N2OS. The van der Waals surface area contributed by atoms with E-state index in [1.807, 2.05) is 37.7 Å². The van der Waals surface area contributed by atoms with Gasteiger partial charge >= 0.3 is 0 Å². The van der Waals surface area contributed by atoms with E-state index < -0.39 is 0 Å². The summed E-state index contributed by atoms with van der Waals surface area (Å²) in [5, 5.41) is 7.76. The Morgan fingerprint density at radius 3 is 2.78 bits per heavy atom. The van der Waals surface area contributed by atoms with Crippen LogP contribution in [0.25, 0.3) is 0 Å². The molecule has 1 heterocycles. The van der Waals surface area contributed by atoms with Crippen LogP contribution in [0.3, 0.4) is 0 Å². The molecule has 3 nitrogen and oxygen atoms in total. The summed E-state index contributed by atoms with van der Waals surface area (Å²) in [6.45, 7) is 5.00. The quantitative estimate of drug-likeness (QED) is 0.790. The summed E-state index contributed by atoms with van der Waals surface area (Å²) in [6, 6.07) is 5.75. The van der Waals surface area contributed by atoms with Crippen molar-refractivity contribution in [2.75, 3.05) is 18.1 Å². The molecule has 1 amide bonds. The largest absolute Gasteiger partial charge is 0.351 e. The predicted octanol–water partition coefficient (Wildman–Crippen LogP) is 3.95. The first-order chi connectivity index (χ1) is 10.4. The van der Waals surface area contributed by atoms with Gasteiger partial charge in [-0.2, -0.15) is 11.8 Å². The van der Waals surface area contributed by atoms with Crippen molar-refractivity contribution < 1.29 is 4.79 Å². The summed E-state index contributed by atoms with van der Waals surface area (Å²) < 4.78 is 0. The van der Waals surface area contributed by atoms with E-state index in [0.717, 1.165) is 23.6 Å². The molecule has 7 heteroatoms. The van der Waals surface area contributed by atoms with Crippen molar-refractivity contribution >= 4 is 53.3 Å². The summed E-state index contributed by atoms with van der Waals surface area (Å²) in [5.41, 5.74) is 0.638. The van der Waals surface area contributed by atoms with E-state index in [9.17, 15) is 4.79 Å². The monoisotopic (exact) mass is 396 g/mol. The molecule has 130 valence electrons. The lowest BCUT2D eigenvalue weighted by molar-refractivity contribution is -0.123. The molecule has 0 saturated carbocycles. The Kier molecular flexibility index (Phi) is 8.53. The Balaban J connectivity index is 0.00000264. The highest BCUT2D eigenvalue weighted by atomic mass is 35.5. The van der Waals surface area contributed by atoms with Gasteiger partial charge in [0.2, 0.25) is 5.91 Å². The van der Waals surface area contributed by atoms with Crippen molar-refractivity contribution in [2.45, 2.75) is 38.3 Å². The topological polar surface area (TPSA) is 41.1 Å². The molecule has 0 bridgehead atoms. The molecule has 1 atom stereocenters. The second-order valence-electron chi connectivity index (χ2n) is 6.27. The molecule has 2 rings (SSSR count). The van der Waals surface area contributed by atoms with E-state index in [1.165, 1.54) is 0 Å². The first-order valence-electron chi connectivity index (χ1n) is 7.42. The molecule has 0 radical (unpaired) electrons. The van der Waals surface area contributed by atoms with Crippen LogP contribution in [-0.4, -0.2) is 35.5 Å². The van der Waals surface area contributed by atoms with E-state index in [-0.39, 0.29) is 29.9 Å². The number of hydrogen-bond donors (Lipinski definition) is 2. The van der Waals surface area contributed by atoms with E-state index in [2.05, 4.69) is 10.6 Å². The van der Waals surface area contributed by atoms with Crippen molar-refractivity contribution in [3.05, 3.63) is 33.8 Å². The third kappa shape index (κ3) is 7.10. The average Bonchev–Trinajstić information content (AvgIpc) is 2.42. The lowest BCUT2D eigenvalue weighted by Crippen LogP contribution is -2.48. The molecule has 1 aliphatic heterocycles. The number of amides is 1. The van der Waals surface area contributed by atoms with Crippen LogP contribution in [0.5, 0.6) is 0 Å². The zero-order valence-corrected chi connectivity index (χ0v) is 16.5. The van der Waals surface area contributed by atoms with Crippen molar-refractivity contribution in [3.63, 3.8) is 0 Å². The van der Waals surface area contributed by atoms with Crippen LogP contribution in [0.2, 0.25) is 10.0 Å². The van der Waals surface area contributed by atoms with Gasteiger partial charge in [-0.15, -0.1) is 12.4 Å². The molecule has 0 spiro atoms. The fourth-order valence-electron chi connectivity index (χ4n) is 2.59. The maximum Gasteiger partial charge on any atom is 0.222 e. The van der Waals surface area contributed by atoms with Gasteiger partial charge < -0.3 is 10.6 Å². The molecule has 23 heavy (non-hydrogen) atoms. The van der Waals surface area contributed by atoms with Crippen LogP contribution in [0.15, 0.2) is 18.2 Å². The normalized spacial score (nSPS) is 18.2. The molecule has 2 N–H and O–H groups in total. The van der Waals surface area contributed by atoms with Crippen molar-refractivity contribution in [1.29, 1.82) is 0 Å². The van der Waals surface area contributed by atoms with Crippen LogP contribution in [0, 0.1) is 0 Å². The fourth-order valence-corrected chi connectivity index (χ4v) is 4.01. The van der Waals surface area contributed by atoms with E-state index >= 15 is 0 Å². The fraction of sp³-hybridized carbons (Fsp3) is 0.562. The van der Waals surface area contributed by atoms with Gasteiger partial charge in [0.25, 0.3) is 0 Å². The third-order valence-corrected chi connectivity index (χ3v) is 5.27. The summed E-state index contributed by atoms with van der Waals surface area (Å²) in [6.07, 6.45) is 1.19. The van der Waals surface area contributed by atoms with Crippen LogP contribution < -0.4 is 10.6 Å². The van der Waals surface area contributed by atoms with Crippen molar-refractivity contribution in [1.82, 2.24) is 10.6 Å². The predicted molar refractivity (Wildman–Crippen MR) is 103 cm³/mol. The number of rotatable bonds is 5. The van der Waals surface area contributed by atoms with Crippen molar-refractivity contribution in [3.8, 4) is 0 Å². The molecule has 1 unspecified atom stereocenters. The lowest BCUT2D eigenvalue weighted by atomic mass is 9.94. The van der Waals surface area contributed by atoms with Gasteiger partial charge in [-0.05, 0) is 38.0 Å². The number of carbonyl (C=O) groups excluding carboxylic acids is 1. The number of carbonyl (C=O) groups is 1. The summed E-state index contributed by atoms with van der Waals surface area (Å²) in [5.74, 6) is 2.20. The number of nitrogens with one attached hydrogen (secondary N) is 2. The minimum atomic E-state index is -0.351. The van der Waals surface area contributed by atoms with Gasteiger partial charge in [-0.1, -0.05) is 29.3 Å². The van der Waals surface area contributed by atoms with Crippen molar-refractivity contribution in [2.24, 2.45) is 0 Å². The molecular weight excluding hydrogens is 375 g/mol. The highest BCUT2D eigenvalue weighted by molar-refractivity contribution is 7.99. The second kappa shape index (κ2) is 9.38. The smallest absolute Gasteiger partial charge is 0.222 e. The SMILES string of the molecule is CC(C)(Cc1ccc(Cl)cc1Cl)NC(=O)CC1CSCCN1.Cl. The first kappa shape index (κ1) is 20.9. The molecule has 1 aromatic rings. The number of hydrogen-bond acceptors (Lipinski definition) is 3. The number of thioether (sulfide) groups is 1. The minimum Gasteiger partial charge on any atom is -0.351 e. The Morgan fingerprint density at radius 2 is 2.17 bits per heavy atom.